The first-order chi connectivity index (χ1) is 10.1. The van der Waals surface area contributed by atoms with E-state index in [2.05, 4.69) is 10.6 Å². The quantitative estimate of drug-likeness (QED) is 0.864. The summed E-state index contributed by atoms with van der Waals surface area (Å²) in [6.45, 7) is 5.45. The van der Waals surface area contributed by atoms with E-state index < -0.39 is 0 Å². The van der Waals surface area contributed by atoms with Crippen LogP contribution in [0.4, 0.5) is 10.5 Å². The fraction of sp³-hybridized carbons (Fsp3) is 0.467. The van der Waals surface area contributed by atoms with Crippen LogP contribution >= 0.6 is 0 Å². The Bertz CT molecular complexity index is 501. The maximum absolute atomic E-state index is 12.1. The lowest BCUT2D eigenvalue weighted by Crippen LogP contribution is -2.43. The summed E-state index contributed by atoms with van der Waals surface area (Å²) in [6.07, 6.45) is 0.324. The van der Waals surface area contributed by atoms with Gasteiger partial charge in [0.15, 0.2) is 0 Å². The predicted octanol–water partition coefficient (Wildman–Crippen LogP) is 1.51. The second-order valence-electron chi connectivity index (χ2n) is 4.84. The lowest BCUT2D eigenvalue weighted by Gasteiger charge is -2.17. The Morgan fingerprint density at radius 2 is 2.05 bits per heavy atom. The summed E-state index contributed by atoms with van der Waals surface area (Å²) in [5, 5.41) is 5.47. The van der Waals surface area contributed by atoms with E-state index >= 15 is 0 Å². The molecule has 114 valence electrons. The highest BCUT2D eigenvalue weighted by molar-refractivity contribution is 5.96. The van der Waals surface area contributed by atoms with Gasteiger partial charge in [-0.1, -0.05) is 0 Å². The van der Waals surface area contributed by atoms with Crippen molar-refractivity contribution in [1.82, 2.24) is 10.6 Å². The fourth-order valence-corrected chi connectivity index (χ4v) is 2.34. The first-order valence-electron chi connectivity index (χ1n) is 7.21. The average molecular weight is 291 g/mol. The van der Waals surface area contributed by atoms with Crippen molar-refractivity contribution in [2.75, 3.05) is 24.6 Å². The van der Waals surface area contributed by atoms with Crippen molar-refractivity contribution in [3.05, 3.63) is 24.3 Å². The van der Waals surface area contributed by atoms with Gasteiger partial charge in [0.25, 0.3) is 0 Å². The highest BCUT2D eigenvalue weighted by Crippen LogP contribution is 2.24. The topological polar surface area (TPSA) is 70.7 Å². The van der Waals surface area contributed by atoms with Crippen molar-refractivity contribution in [2.24, 2.45) is 0 Å². The molecule has 0 bridgehead atoms. The molecule has 0 unspecified atom stereocenters. The van der Waals surface area contributed by atoms with E-state index in [-0.39, 0.29) is 18.0 Å². The molecule has 0 aromatic heterocycles. The number of carbonyl (C=O) groups excluding carboxylic acids is 2. The Hall–Kier alpha value is -2.24. The molecule has 1 atom stereocenters. The molecule has 1 heterocycles. The van der Waals surface area contributed by atoms with Crippen LogP contribution in [0.3, 0.4) is 0 Å². The van der Waals surface area contributed by atoms with Crippen molar-refractivity contribution in [2.45, 2.75) is 26.3 Å². The number of ether oxygens (including phenoxy) is 1. The molecule has 0 spiro atoms. The lowest BCUT2D eigenvalue weighted by atomic mass is 10.2. The van der Waals surface area contributed by atoms with Gasteiger partial charge in [-0.2, -0.15) is 0 Å². The molecule has 1 aliphatic rings. The van der Waals surface area contributed by atoms with Crippen molar-refractivity contribution in [1.29, 1.82) is 0 Å². The van der Waals surface area contributed by atoms with Gasteiger partial charge in [0.1, 0.15) is 5.75 Å². The maximum atomic E-state index is 12.1. The van der Waals surface area contributed by atoms with Crippen molar-refractivity contribution >= 4 is 17.6 Å². The minimum Gasteiger partial charge on any atom is -0.494 e. The molecular weight excluding hydrogens is 270 g/mol. The third-order valence-electron chi connectivity index (χ3n) is 3.26. The molecule has 0 radical (unpaired) electrons. The Balaban J connectivity index is 1.97. The number of benzene rings is 1. The van der Waals surface area contributed by atoms with Crippen molar-refractivity contribution in [3.8, 4) is 5.75 Å². The minimum atomic E-state index is -0.233. The van der Waals surface area contributed by atoms with Gasteiger partial charge in [-0.3, -0.25) is 4.79 Å². The molecule has 2 rings (SSSR count). The lowest BCUT2D eigenvalue weighted by molar-refractivity contribution is -0.117. The van der Waals surface area contributed by atoms with Gasteiger partial charge < -0.3 is 20.3 Å². The maximum Gasteiger partial charge on any atom is 0.315 e. The van der Waals surface area contributed by atoms with Crippen LogP contribution in [0.5, 0.6) is 5.75 Å². The van der Waals surface area contributed by atoms with Crippen LogP contribution in [0.1, 0.15) is 20.3 Å². The normalized spacial score (nSPS) is 17.7. The Morgan fingerprint density at radius 3 is 2.67 bits per heavy atom. The number of amides is 3. The number of anilines is 1. The molecule has 1 saturated heterocycles. The Kier molecular flexibility index (Phi) is 5.03. The molecular formula is C15H21N3O3. The summed E-state index contributed by atoms with van der Waals surface area (Å²) in [4.78, 5) is 25.2. The Labute approximate surface area is 124 Å². The molecule has 3 amide bonds. The second kappa shape index (κ2) is 6.97. The van der Waals surface area contributed by atoms with E-state index in [1.807, 2.05) is 38.1 Å². The smallest absolute Gasteiger partial charge is 0.315 e. The number of carbonyl (C=O) groups is 2. The van der Waals surface area contributed by atoms with Gasteiger partial charge in [-0.05, 0) is 38.1 Å². The number of hydrogen-bond donors (Lipinski definition) is 2. The molecule has 1 aliphatic heterocycles. The first-order valence-corrected chi connectivity index (χ1v) is 7.21. The molecule has 0 saturated carbocycles. The number of urea groups is 1. The zero-order chi connectivity index (χ0) is 15.2. The SMILES string of the molecule is CCNC(=O)N[C@H]1CC(=O)N(c2ccc(OCC)cc2)C1. The summed E-state index contributed by atoms with van der Waals surface area (Å²) in [5.74, 6) is 0.797. The van der Waals surface area contributed by atoms with Gasteiger partial charge in [-0.15, -0.1) is 0 Å². The van der Waals surface area contributed by atoms with Gasteiger partial charge in [0.05, 0.1) is 12.6 Å². The summed E-state index contributed by atoms with van der Waals surface area (Å²) in [5.41, 5.74) is 0.823. The molecule has 2 N–H and O–H groups in total. The van der Waals surface area contributed by atoms with E-state index in [4.69, 9.17) is 4.74 Å². The summed E-state index contributed by atoms with van der Waals surface area (Å²) in [7, 11) is 0. The van der Waals surface area contributed by atoms with E-state index in [0.717, 1.165) is 11.4 Å². The fourth-order valence-electron chi connectivity index (χ4n) is 2.34. The van der Waals surface area contributed by atoms with Crippen LogP contribution in [-0.2, 0) is 4.79 Å². The van der Waals surface area contributed by atoms with E-state index in [1.54, 1.807) is 4.90 Å². The molecule has 0 aliphatic carbocycles. The number of nitrogens with zero attached hydrogens (tertiary/aromatic N) is 1. The summed E-state index contributed by atoms with van der Waals surface area (Å²) >= 11 is 0. The summed E-state index contributed by atoms with van der Waals surface area (Å²) < 4.78 is 5.38. The molecule has 1 aromatic carbocycles. The highest BCUT2D eigenvalue weighted by Gasteiger charge is 2.31. The molecule has 21 heavy (non-hydrogen) atoms. The van der Waals surface area contributed by atoms with Crippen LogP contribution in [0.2, 0.25) is 0 Å². The van der Waals surface area contributed by atoms with E-state index in [1.165, 1.54) is 0 Å². The molecule has 1 fully saturated rings. The molecule has 6 heteroatoms. The van der Waals surface area contributed by atoms with Crippen LogP contribution in [0.15, 0.2) is 24.3 Å². The third-order valence-corrected chi connectivity index (χ3v) is 3.26. The number of hydrogen-bond acceptors (Lipinski definition) is 3. The predicted molar refractivity (Wildman–Crippen MR) is 80.6 cm³/mol. The van der Waals surface area contributed by atoms with E-state index in [9.17, 15) is 9.59 Å². The number of nitrogens with one attached hydrogen (secondary N) is 2. The van der Waals surface area contributed by atoms with Gasteiger partial charge in [0.2, 0.25) is 5.91 Å². The highest BCUT2D eigenvalue weighted by atomic mass is 16.5. The van der Waals surface area contributed by atoms with Crippen LogP contribution in [0.25, 0.3) is 0 Å². The van der Waals surface area contributed by atoms with Crippen LogP contribution < -0.4 is 20.3 Å². The second-order valence-corrected chi connectivity index (χ2v) is 4.84. The van der Waals surface area contributed by atoms with Gasteiger partial charge >= 0.3 is 6.03 Å². The largest absolute Gasteiger partial charge is 0.494 e. The van der Waals surface area contributed by atoms with Crippen LogP contribution in [0, 0.1) is 0 Å². The van der Waals surface area contributed by atoms with E-state index in [0.29, 0.717) is 26.1 Å². The van der Waals surface area contributed by atoms with Crippen molar-refractivity contribution < 1.29 is 14.3 Å². The standard InChI is InChI=1S/C15H21N3O3/c1-3-16-15(20)17-11-9-14(19)18(10-11)12-5-7-13(8-6-12)21-4-2/h5-8,11H,3-4,9-10H2,1-2H3,(H2,16,17,20)/t11-/m0/s1. The van der Waals surface area contributed by atoms with Gasteiger partial charge in [0, 0.05) is 25.2 Å². The summed E-state index contributed by atoms with van der Waals surface area (Å²) in [6, 6.07) is 7.02. The van der Waals surface area contributed by atoms with Crippen LogP contribution in [-0.4, -0.2) is 37.7 Å². The zero-order valence-corrected chi connectivity index (χ0v) is 12.4. The monoisotopic (exact) mass is 291 g/mol. The molecule has 1 aromatic rings. The van der Waals surface area contributed by atoms with Gasteiger partial charge in [-0.25, -0.2) is 4.79 Å². The zero-order valence-electron chi connectivity index (χ0n) is 12.4. The first kappa shape index (κ1) is 15.2. The number of rotatable bonds is 5. The van der Waals surface area contributed by atoms with Crippen molar-refractivity contribution in [3.63, 3.8) is 0 Å². The third kappa shape index (κ3) is 3.87. The molecule has 6 nitrogen and oxygen atoms in total. The Morgan fingerprint density at radius 1 is 1.33 bits per heavy atom. The average Bonchev–Trinajstić information content (AvgIpc) is 2.81. The minimum absolute atomic E-state index is 0.0148.